The number of sulfonamides is 1. The first-order valence-electron chi connectivity index (χ1n) is 5.70. The molecule has 112 valence electrons. The van der Waals surface area contributed by atoms with Crippen LogP contribution >= 0.6 is 11.3 Å². The van der Waals surface area contributed by atoms with E-state index < -0.39 is 16.0 Å². The lowest BCUT2D eigenvalue weighted by Crippen LogP contribution is -2.14. The summed E-state index contributed by atoms with van der Waals surface area (Å²) < 4.78 is 32.0. The van der Waals surface area contributed by atoms with Crippen LogP contribution < -0.4 is 9.46 Å². The van der Waals surface area contributed by atoms with E-state index in [-0.39, 0.29) is 21.5 Å². The van der Waals surface area contributed by atoms with Crippen LogP contribution in [0.15, 0.2) is 28.5 Å². The molecular weight excluding hydrogens is 316 g/mol. The van der Waals surface area contributed by atoms with Crippen molar-refractivity contribution >= 4 is 32.5 Å². The fourth-order valence-corrected chi connectivity index (χ4v) is 3.77. The van der Waals surface area contributed by atoms with Crippen LogP contribution in [0.5, 0.6) is 5.75 Å². The fourth-order valence-electron chi connectivity index (χ4n) is 1.58. The first kappa shape index (κ1) is 15.3. The molecule has 0 fully saturated rings. The summed E-state index contributed by atoms with van der Waals surface area (Å²) in [6.45, 7) is 1.75. The smallest absolute Gasteiger partial charge is 0.355 e. The molecule has 0 bridgehead atoms. The van der Waals surface area contributed by atoms with Crippen LogP contribution in [-0.2, 0) is 10.0 Å². The van der Waals surface area contributed by atoms with E-state index >= 15 is 0 Å². The summed E-state index contributed by atoms with van der Waals surface area (Å²) >= 11 is 0.894. The van der Waals surface area contributed by atoms with Gasteiger partial charge >= 0.3 is 5.97 Å². The van der Waals surface area contributed by atoms with Crippen molar-refractivity contribution in [3.8, 4) is 5.75 Å². The second-order valence-electron chi connectivity index (χ2n) is 4.10. The minimum atomic E-state index is -3.91. The maximum Gasteiger partial charge on any atom is 0.355 e. The quantitative estimate of drug-likeness (QED) is 0.869. The molecule has 9 heteroatoms. The molecular formula is C12H12N2O5S2. The molecule has 1 aromatic heterocycles. The van der Waals surface area contributed by atoms with Crippen LogP contribution in [0.2, 0.25) is 0 Å². The van der Waals surface area contributed by atoms with E-state index in [0.29, 0.717) is 0 Å². The Morgan fingerprint density at radius 1 is 1.43 bits per heavy atom. The molecule has 2 rings (SSSR count). The number of hydrogen-bond acceptors (Lipinski definition) is 6. The van der Waals surface area contributed by atoms with E-state index in [4.69, 9.17) is 9.84 Å². The number of nitrogens with one attached hydrogen (secondary N) is 1. The molecule has 1 heterocycles. The number of aryl methyl sites for hydroxylation is 1. The third kappa shape index (κ3) is 3.31. The average Bonchev–Trinajstić information content (AvgIpc) is 2.86. The van der Waals surface area contributed by atoms with Gasteiger partial charge in [-0.05, 0) is 24.6 Å². The zero-order chi connectivity index (χ0) is 15.6. The number of nitrogens with zero attached hydrogens (tertiary/aromatic N) is 1. The van der Waals surface area contributed by atoms with Gasteiger partial charge in [-0.3, -0.25) is 4.72 Å². The molecule has 0 aliphatic heterocycles. The van der Waals surface area contributed by atoms with Crippen LogP contribution in [0.25, 0.3) is 0 Å². The van der Waals surface area contributed by atoms with Gasteiger partial charge in [0.05, 0.1) is 7.11 Å². The fraction of sp³-hybridized carbons (Fsp3) is 0.167. The van der Waals surface area contributed by atoms with E-state index in [1.165, 1.54) is 18.6 Å². The van der Waals surface area contributed by atoms with Gasteiger partial charge in [0, 0.05) is 5.38 Å². The van der Waals surface area contributed by atoms with Gasteiger partial charge in [0.25, 0.3) is 10.0 Å². The Bertz CT molecular complexity index is 783. The molecule has 7 nitrogen and oxygen atoms in total. The van der Waals surface area contributed by atoms with Crippen LogP contribution in [0.3, 0.4) is 0 Å². The van der Waals surface area contributed by atoms with Crippen LogP contribution in [0.4, 0.5) is 5.13 Å². The van der Waals surface area contributed by atoms with Gasteiger partial charge in [-0.1, -0.05) is 6.07 Å². The number of rotatable bonds is 5. The monoisotopic (exact) mass is 328 g/mol. The highest BCUT2D eigenvalue weighted by atomic mass is 32.2. The molecule has 0 spiro atoms. The lowest BCUT2D eigenvalue weighted by atomic mass is 10.2. The van der Waals surface area contributed by atoms with Gasteiger partial charge in [-0.2, -0.15) is 0 Å². The van der Waals surface area contributed by atoms with E-state index in [1.807, 2.05) is 0 Å². The number of carbonyl (C=O) groups is 1. The maximum atomic E-state index is 12.3. The number of aromatic nitrogens is 1. The molecule has 0 saturated carbocycles. The highest BCUT2D eigenvalue weighted by Gasteiger charge is 2.21. The van der Waals surface area contributed by atoms with Crippen molar-refractivity contribution < 1.29 is 23.1 Å². The Balaban J connectivity index is 2.38. The zero-order valence-electron chi connectivity index (χ0n) is 11.2. The lowest BCUT2D eigenvalue weighted by Gasteiger charge is -2.10. The Kier molecular flexibility index (Phi) is 4.14. The van der Waals surface area contributed by atoms with Crippen molar-refractivity contribution in [3.63, 3.8) is 0 Å². The average molecular weight is 328 g/mol. The second kappa shape index (κ2) is 5.70. The van der Waals surface area contributed by atoms with Crippen molar-refractivity contribution in [2.24, 2.45) is 0 Å². The van der Waals surface area contributed by atoms with Crippen molar-refractivity contribution in [2.45, 2.75) is 11.8 Å². The summed E-state index contributed by atoms with van der Waals surface area (Å²) in [5.74, 6) is -1.02. The topological polar surface area (TPSA) is 106 Å². The first-order valence-corrected chi connectivity index (χ1v) is 8.06. The SMILES string of the molecule is COc1ccc(C)cc1S(=O)(=O)Nc1nc(C(=O)O)cs1. The maximum absolute atomic E-state index is 12.3. The van der Waals surface area contributed by atoms with E-state index in [2.05, 4.69) is 9.71 Å². The summed E-state index contributed by atoms with van der Waals surface area (Å²) in [5.41, 5.74) is 0.537. The van der Waals surface area contributed by atoms with E-state index in [9.17, 15) is 13.2 Å². The third-order valence-electron chi connectivity index (χ3n) is 2.55. The summed E-state index contributed by atoms with van der Waals surface area (Å²) in [7, 11) is -2.54. The molecule has 2 aromatic rings. The van der Waals surface area contributed by atoms with Gasteiger partial charge in [-0.15, -0.1) is 11.3 Å². The molecule has 0 unspecified atom stereocenters. The zero-order valence-corrected chi connectivity index (χ0v) is 12.8. The van der Waals surface area contributed by atoms with Crippen molar-refractivity contribution in [2.75, 3.05) is 11.8 Å². The molecule has 0 radical (unpaired) electrons. The molecule has 21 heavy (non-hydrogen) atoms. The normalized spacial score (nSPS) is 11.1. The first-order chi connectivity index (χ1) is 9.83. The number of hydrogen-bond donors (Lipinski definition) is 2. The highest BCUT2D eigenvalue weighted by molar-refractivity contribution is 7.93. The number of anilines is 1. The summed E-state index contributed by atoms with van der Waals surface area (Å²) in [6, 6.07) is 4.74. The number of ether oxygens (including phenoxy) is 1. The van der Waals surface area contributed by atoms with Gasteiger partial charge in [0.1, 0.15) is 10.6 Å². The van der Waals surface area contributed by atoms with Crippen molar-refractivity contribution in [1.82, 2.24) is 4.98 Å². The van der Waals surface area contributed by atoms with Gasteiger partial charge in [0.2, 0.25) is 0 Å². The molecule has 0 aliphatic rings. The largest absolute Gasteiger partial charge is 0.495 e. The van der Waals surface area contributed by atoms with Gasteiger partial charge < -0.3 is 9.84 Å². The Labute approximate surface area is 125 Å². The second-order valence-corrected chi connectivity index (χ2v) is 6.61. The van der Waals surface area contributed by atoms with E-state index in [0.717, 1.165) is 16.9 Å². The number of aromatic carboxylic acids is 1. The minimum absolute atomic E-state index is 0.0176. The Morgan fingerprint density at radius 2 is 2.14 bits per heavy atom. The standard InChI is InChI=1S/C12H12N2O5S2/c1-7-3-4-9(19-2)10(5-7)21(17,18)14-12-13-8(6-20-12)11(15)16/h3-6H,1-2H3,(H,13,14)(H,15,16). The number of thiazole rings is 1. The predicted octanol–water partition coefficient (Wildman–Crippen LogP) is 1.96. The summed E-state index contributed by atoms with van der Waals surface area (Å²) in [5, 5.41) is 10.0. The van der Waals surface area contributed by atoms with Gasteiger partial charge in [0.15, 0.2) is 10.8 Å². The van der Waals surface area contributed by atoms with Crippen molar-refractivity contribution in [3.05, 3.63) is 34.8 Å². The Morgan fingerprint density at radius 3 is 2.71 bits per heavy atom. The predicted molar refractivity (Wildman–Crippen MR) is 77.6 cm³/mol. The lowest BCUT2D eigenvalue weighted by molar-refractivity contribution is 0.0691. The number of benzene rings is 1. The Hall–Kier alpha value is -2.13. The van der Waals surface area contributed by atoms with Crippen molar-refractivity contribution in [1.29, 1.82) is 0 Å². The van der Waals surface area contributed by atoms with Crippen LogP contribution in [-0.4, -0.2) is 31.6 Å². The number of carboxylic acid groups (broad SMARTS) is 1. The van der Waals surface area contributed by atoms with Crippen LogP contribution in [0.1, 0.15) is 16.1 Å². The van der Waals surface area contributed by atoms with Crippen LogP contribution in [0, 0.1) is 6.92 Å². The number of carboxylic acids is 1. The summed E-state index contributed by atoms with van der Waals surface area (Å²) in [6.07, 6.45) is 0. The van der Waals surface area contributed by atoms with E-state index in [1.54, 1.807) is 19.1 Å². The molecule has 0 amide bonds. The molecule has 2 N–H and O–H groups in total. The minimum Gasteiger partial charge on any atom is -0.495 e. The third-order valence-corrected chi connectivity index (χ3v) is 4.80. The molecule has 1 aromatic carbocycles. The molecule has 0 aliphatic carbocycles. The number of methoxy groups -OCH3 is 1. The molecule has 0 saturated heterocycles. The highest BCUT2D eigenvalue weighted by Crippen LogP contribution is 2.27. The van der Waals surface area contributed by atoms with Gasteiger partial charge in [-0.25, -0.2) is 18.2 Å². The summed E-state index contributed by atoms with van der Waals surface area (Å²) in [4.78, 5) is 14.4. The molecule has 0 atom stereocenters.